The number of fused-ring (bicyclic) bond motifs is 1. The zero-order chi connectivity index (χ0) is 16.5. The van der Waals surface area contributed by atoms with Gasteiger partial charge in [0.2, 0.25) is 0 Å². The Labute approximate surface area is 143 Å². The van der Waals surface area contributed by atoms with Gasteiger partial charge in [-0.15, -0.1) is 11.3 Å². The lowest BCUT2D eigenvalue weighted by Crippen LogP contribution is -2.40. The Balaban J connectivity index is 1.53. The molecule has 1 fully saturated rings. The number of likely N-dealkylation sites (tertiary alicyclic amines) is 1. The predicted molar refractivity (Wildman–Crippen MR) is 94.5 cm³/mol. The molecular weight excluding hydrogens is 322 g/mol. The number of piperidine rings is 1. The predicted octanol–water partition coefficient (Wildman–Crippen LogP) is 2.94. The lowest BCUT2D eigenvalue weighted by Gasteiger charge is -2.32. The Bertz CT molecular complexity index is 925. The molecule has 4 rings (SSSR count). The van der Waals surface area contributed by atoms with Gasteiger partial charge in [-0.3, -0.25) is 14.2 Å². The lowest BCUT2D eigenvalue weighted by molar-refractivity contribution is 0.0698. The van der Waals surface area contributed by atoms with Crippen LogP contribution < -0.4 is 5.56 Å². The van der Waals surface area contributed by atoms with E-state index in [9.17, 15) is 9.59 Å². The first-order valence-corrected chi connectivity index (χ1v) is 8.90. The number of para-hydroxylation sites is 1. The van der Waals surface area contributed by atoms with Gasteiger partial charge in [0.05, 0.1) is 22.1 Å². The van der Waals surface area contributed by atoms with Crippen LogP contribution in [0.15, 0.2) is 52.9 Å². The highest BCUT2D eigenvalue weighted by molar-refractivity contribution is 7.12. The summed E-state index contributed by atoms with van der Waals surface area (Å²) in [5.41, 5.74) is 0.729. The van der Waals surface area contributed by atoms with Gasteiger partial charge in [0.25, 0.3) is 11.5 Å². The number of thiophene rings is 1. The van der Waals surface area contributed by atoms with Gasteiger partial charge in [-0.25, -0.2) is 4.98 Å². The largest absolute Gasteiger partial charge is 0.338 e. The molecular formula is C18H17N3O2S. The Morgan fingerprint density at radius 1 is 1.12 bits per heavy atom. The van der Waals surface area contributed by atoms with E-state index in [0.29, 0.717) is 18.5 Å². The lowest BCUT2D eigenvalue weighted by atomic mass is 10.0. The van der Waals surface area contributed by atoms with Crippen LogP contribution in [-0.4, -0.2) is 33.4 Å². The first-order chi connectivity index (χ1) is 11.7. The number of carbonyl (C=O) groups is 1. The number of rotatable bonds is 2. The molecule has 5 nitrogen and oxygen atoms in total. The van der Waals surface area contributed by atoms with E-state index in [1.165, 1.54) is 11.3 Å². The summed E-state index contributed by atoms with van der Waals surface area (Å²) in [6, 6.07) is 11.3. The Morgan fingerprint density at radius 2 is 1.92 bits per heavy atom. The average Bonchev–Trinajstić information content (AvgIpc) is 3.17. The maximum atomic E-state index is 12.7. The molecule has 1 saturated heterocycles. The molecule has 0 N–H and O–H groups in total. The molecule has 122 valence electrons. The van der Waals surface area contributed by atoms with Gasteiger partial charge in [-0.05, 0) is 36.4 Å². The van der Waals surface area contributed by atoms with E-state index in [1.54, 1.807) is 10.9 Å². The van der Waals surface area contributed by atoms with Gasteiger partial charge < -0.3 is 4.90 Å². The van der Waals surface area contributed by atoms with Crippen molar-refractivity contribution in [2.75, 3.05) is 13.1 Å². The molecule has 1 aromatic carbocycles. The molecule has 0 radical (unpaired) electrons. The first kappa shape index (κ1) is 15.1. The molecule has 0 aliphatic carbocycles. The minimum absolute atomic E-state index is 0.00336. The first-order valence-electron chi connectivity index (χ1n) is 8.03. The van der Waals surface area contributed by atoms with Crippen molar-refractivity contribution >= 4 is 28.1 Å². The van der Waals surface area contributed by atoms with Crippen LogP contribution >= 0.6 is 11.3 Å². The third kappa shape index (κ3) is 2.63. The highest BCUT2D eigenvalue weighted by atomic mass is 32.1. The van der Waals surface area contributed by atoms with Gasteiger partial charge in [0.1, 0.15) is 0 Å². The zero-order valence-electron chi connectivity index (χ0n) is 13.1. The fourth-order valence-electron chi connectivity index (χ4n) is 3.25. The van der Waals surface area contributed by atoms with E-state index in [-0.39, 0.29) is 17.5 Å². The van der Waals surface area contributed by atoms with Crippen LogP contribution in [0.2, 0.25) is 0 Å². The van der Waals surface area contributed by atoms with E-state index in [1.807, 2.05) is 46.7 Å². The van der Waals surface area contributed by atoms with Gasteiger partial charge in [0.15, 0.2) is 0 Å². The fourth-order valence-corrected chi connectivity index (χ4v) is 3.94. The molecule has 3 heterocycles. The molecule has 1 aliphatic rings. The Hall–Kier alpha value is -2.47. The highest BCUT2D eigenvalue weighted by Crippen LogP contribution is 2.23. The van der Waals surface area contributed by atoms with Crippen LogP contribution in [0.3, 0.4) is 0 Å². The summed E-state index contributed by atoms with van der Waals surface area (Å²) in [6.45, 7) is 1.33. The maximum Gasteiger partial charge on any atom is 0.263 e. The van der Waals surface area contributed by atoms with Crippen LogP contribution in [0.1, 0.15) is 28.6 Å². The summed E-state index contributed by atoms with van der Waals surface area (Å²) < 4.78 is 1.73. The molecule has 0 spiro atoms. The molecule has 0 unspecified atom stereocenters. The summed E-state index contributed by atoms with van der Waals surface area (Å²) in [4.78, 5) is 32.1. The van der Waals surface area contributed by atoms with Gasteiger partial charge in [-0.1, -0.05) is 18.2 Å². The van der Waals surface area contributed by atoms with Crippen molar-refractivity contribution in [2.45, 2.75) is 18.9 Å². The van der Waals surface area contributed by atoms with E-state index < -0.39 is 0 Å². The molecule has 1 amide bonds. The average molecular weight is 339 g/mol. The highest BCUT2D eigenvalue weighted by Gasteiger charge is 2.25. The van der Waals surface area contributed by atoms with Gasteiger partial charge in [-0.2, -0.15) is 0 Å². The van der Waals surface area contributed by atoms with Crippen molar-refractivity contribution < 1.29 is 4.79 Å². The van der Waals surface area contributed by atoms with Crippen molar-refractivity contribution in [3.63, 3.8) is 0 Å². The van der Waals surface area contributed by atoms with Crippen LogP contribution in [0.4, 0.5) is 0 Å². The van der Waals surface area contributed by atoms with Crippen LogP contribution in [-0.2, 0) is 0 Å². The number of hydrogen-bond acceptors (Lipinski definition) is 4. The molecule has 2 aromatic heterocycles. The third-order valence-electron chi connectivity index (χ3n) is 4.57. The van der Waals surface area contributed by atoms with Gasteiger partial charge >= 0.3 is 0 Å². The monoisotopic (exact) mass is 339 g/mol. The number of hydrogen-bond donors (Lipinski definition) is 0. The maximum absolute atomic E-state index is 12.7. The summed E-state index contributed by atoms with van der Waals surface area (Å²) >= 11 is 1.47. The molecule has 0 bridgehead atoms. The molecule has 1 aliphatic heterocycles. The van der Waals surface area contributed by atoms with Crippen molar-refractivity contribution in [1.29, 1.82) is 0 Å². The van der Waals surface area contributed by atoms with Crippen LogP contribution in [0.25, 0.3) is 10.9 Å². The second-order valence-electron chi connectivity index (χ2n) is 5.97. The smallest absolute Gasteiger partial charge is 0.263 e. The topological polar surface area (TPSA) is 55.2 Å². The molecule has 0 saturated carbocycles. The molecule has 6 heteroatoms. The Kier molecular flexibility index (Phi) is 3.90. The standard InChI is InChI=1S/C18H17N3O2S/c22-17-14-4-1-2-5-15(14)19-12-21(17)13-7-9-20(10-8-13)18(23)16-6-3-11-24-16/h1-6,11-13H,7-10H2. The zero-order valence-corrected chi connectivity index (χ0v) is 13.9. The third-order valence-corrected chi connectivity index (χ3v) is 5.43. The minimum Gasteiger partial charge on any atom is -0.338 e. The van der Waals surface area contributed by atoms with Crippen molar-refractivity contribution in [3.8, 4) is 0 Å². The summed E-state index contributed by atoms with van der Waals surface area (Å²) in [6.07, 6.45) is 3.19. The second kappa shape index (κ2) is 6.20. The van der Waals surface area contributed by atoms with Crippen LogP contribution in [0.5, 0.6) is 0 Å². The molecule has 24 heavy (non-hydrogen) atoms. The number of benzene rings is 1. The number of carbonyl (C=O) groups excluding carboxylic acids is 1. The quantitative estimate of drug-likeness (QED) is 0.721. The van der Waals surface area contributed by atoms with E-state index in [2.05, 4.69) is 4.98 Å². The minimum atomic E-state index is 0.00336. The molecule has 0 atom stereocenters. The summed E-state index contributed by atoms with van der Waals surface area (Å²) in [7, 11) is 0. The fraction of sp³-hybridized carbons (Fsp3) is 0.278. The summed E-state index contributed by atoms with van der Waals surface area (Å²) in [5, 5.41) is 2.57. The normalized spacial score (nSPS) is 15.8. The molecule has 3 aromatic rings. The van der Waals surface area contributed by atoms with Crippen molar-refractivity contribution in [1.82, 2.24) is 14.5 Å². The number of aromatic nitrogens is 2. The van der Waals surface area contributed by atoms with E-state index in [4.69, 9.17) is 0 Å². The Morgan fingerprint density at radius 3 is 2.67 bits per heavy atom. The van der Waals surface area contributed by atoms with Crippen LogP contribution in [0, 0.1) is 0 Å². The van der Waals surface area contributed by atoms with Crippen molar-refractivity contribution in [2.24, 2.45) is 0 Å². The summed E-state index contributed by atoms with van der Waals surface area (Å²) in [5.74, 6) is 0.0902. The SMILES string of the molecule is O=C(c1cccs1)N1CCC(n2cnc3ccccc3c2=O)CC1. The van der Waals surface area contributed by atoms with Gasteiger partial charge in [0, 0.05) is 19.1 Å². The number of nitrogens with zero attached hydrogens (tertiary/aromatic N) is 3. The van der Waals surface area contributed by atoms with Crippen molar-refractivity contribution in [3.05, 3.63) is 63.3 Å². The number of amides is 1. The second-order valence-corrected chi connectivity index (χ2v) is 6.92. The van der Waals surface area contributed by atoms with E-state index in [0.717, 1.165) is 23.2 Å². The van der Waals surface area contributed by atoms with E-state index >= 15 is 0 Å².